The number of hydrogen-bond donors (Lipinski definition) is 3. The number of carbonyl (C=O) groups excluding carboxylic acids is 2. The third kappa shape index (κ3) is 43.8. The first-order valence-electron chi connectivity index (χ1n) is 23.9. The van der Waals surface area contributed by atoms with E-state index in [1.807, 2.05) is 0 Å². The van der Waals surface area contributed by atoms with Gasteiger partial charge in [0, 0.05) is 12.8 Å². The number of carbonyl (C=O) groups is 2. The van der Waals surface area contributed by atoms with Crippen LogP contribution in [0, 0.1) is 0 Å². The quantitative estimate of drug-likeness (QED) is 0.0234. The lowest BCUT2D eigenvalue weighted by Crippen LogP contribution is -2.28. The van der Waals surface area contributed by atoms with Crippen LogP contribution >= 0.6 is 7.82 Å². The minimum atomic E-state index is -4.65. The highest BCUT2D eigenvalue weighted by Crippen LogP contribution is 2.43. The van der Waals surface area contributed by atoms with Crippen molar-refractivity contribution < 1.29 is 47.8 Å². The molecule has 0 heterocycles. The first-order valence-corrected chi connectivity index (χ1v) is 25.4. The summed E-state index contributed by atoms with van der Waals surface area (Å²) in [5.74, 6) is -1.04. The third-order valence-corrected chi connectivity index (χ3v) is 10.9. The highest BCUT2D eigenvalue weighted by Gasteiger charge is 2.27. The van der Waals surface area contributed by atoms with Crippen LogP contribution in [-0.4, -0.2) is 65.7 Å². The summed E-state index contributed by atoms with van der Waals surface area (Å²) >= 11 is 0. The lowest BCUT2D eigenvalue weighted by molar-refractivity contribution is -0.153. The van der Waals surface area contributed by atoms with Crippen LogP contribution < -0.4 is 0 Å². The van der Waals surface area contributed by atoms with Gasteiger partial charge in [0.05, 0.1) is 26.4 Å². The highest BCUT2D eigenvalue weighted by atomic mass is 31.2. The molecule has 3 atom stereocenters. The Bertz CT molecular complexity index is 1240. The van der Waals surface area contributed by atoms with Crippen molar-refractivity contribution in [1.29, 1.82) is 0 Å². The molecule has 61 heavy (non-hydrogen) atoms. The van der Waals surface area contributed by atoms with E-state index < -0.39 is 58.4 Å². The molecule has 0 spiro atoms. The van der Waals surface area contributed by atoms with Gasteiger partial charge in [-0.1, -0.05) is 170 Å². The van der Waals surface area contributed by atoms with Crippen molar-refractivity contribution in [3.05, 3.63) is 72.9 Å². The van der Waals surface area contributed by atoms with E-state index in [1.54, 1.807) is 0 Å². The number of unbranched alkanes of at least 4 members (excludes halogenated alkanes) is 18. The summed E-state index contributed by atoms with van der Waals surface area (Å²) in [7, 11) is -4.65. The van der Waals surface area contributed by atoms with Gasteiger partial charge in [-0.15, -0.1) is 0 Å². The molecule has 0 aliphatic heterocycles. The Morgan fingerprint density at radius 1 is 0.459 bits per heavy atom. The van der Waals surface area contributed by atoms with E-state index in [9.17, 15) is 29.3 Å². The van der Waals surface area contributed by atoms with Crippen LogP contribution in [0.25, 0.3) is 0 Å². The second kappa shape index (κ2) is 45.4. The molecule has 0 fully saturated rings. The molecule has 0 radical (unpaired) electrons. The molecule has 0 aromatic heterocycles. The van der Waals surface area contributed by atoms with E-state index in [0.29, 0.717) is 12.8 Å². The Labute approximate surface area is 371 Å². The number of ether oxygens (including phenoxy) is 2. The fourth-order valence-corrected chi connectivity index (χ4v) is 7.04. The first-order chi connectivity index (χ1) is 29.8. The predicted molar refractivity (Wildman–Crippen MR) is 251 cm³/mol. The first kappa shape index (κ1) is 58.4. The minimum Gasteiger partial charge on any atom is -0.457 e. The lowest BCUT2D eigenvalue weighted by Gasteiger charge is -2.20. The van der Waals surface area contributed by atoms with Gasteiger partial charge < -0.3 is 24.6 Å². The van der Waals surface area contributed by atoms with Crippen LogP contribution in [0.4, 0.5) is 0 Å². The van der Waals surface area contributed by atoms with Crippen molar-refractivity contribution in [3.8, 4) is 0 Å². The molecule has 10 nitrogen and oxygen atoms in total. The van der Waals surface area contributed by atoms with Crippen molar-refractivity contribution in [3.63, 3.8) is 0 Å². The summed E-state index contributed by atoms with van der Waals surface area (Å²) in [5.41, 5.74) is 0. The highest BCUT2D eigenvalue weighted by molar-refractivity contribution is 7.47. The van der Waals surface area contributed by atoms with Crippen molar-refractivity contribution in [2.75, 3.05) is 26.4 Å². The SMILES string of the molecule is CC/C=C\C/C=C\C/C=C\C/C=C\CCCCCCCCC(=O)OC(CO)COP(=O)(O)OCC(CO)OC(=O)CCCCCCCCCCC/C=C\C/C=C\CCCCC. The third-order valence-electron chi connectivity index (χ3n) is 9.90. The molecule has 3 unspecified atom stereocenters. The summed E-state index contributed by atoms with van der Waals surface area (Å²) in [6.07, 6.45) is 52.9. The van der Waals surface area contributed by atoms with Gasteiger partial charge >= 0.3 is 19.8 Å². The minimum absolute atomic E-state index is 0.172. The molecule has 0 saturated heterocycles. The number of phosphoric ester groups is 1. The molecular formula is C50H87O10P. The van der Waals surface area contributed by atoms with E-state index in [-0.39, 0.29) is 12.8 Å². The number of aliphatic hydroxyl groups is 2. The van der Waals surface area contributed by atoms with Crippen LogP contribution in [0.3, 0.4) is 0 Å². The molecule has 0 amide bonds. The maximum atomic E-state index is 12.4. The Hall–Kier alpha value is -2.59. The van der Waals surface area contributed by atoms with Crippen LogP contribution in [0.5, 0.6) is 0 Å². The smallest absolute Gasteiger partial charge is 0.457 e. The normalized spacial score (nSPS) is 14.4. The second-order valence-electron chi connectivity index (χ2n) is 15.7. The Morgan fingerprint density at radius 2 is 0.770 bits per heavy atom. The van der Waals surface area contributed by atoms with Gasteiger partial charge in [-0.05, 0) is 83.5 Å². The summed E-state index contributed by atoms with van der Waals surface area (Å²) in [6.45, 7) is 2.06. The second-order valence-corrected chi connectivity index (χ2v) is 17.2. The van der Waals surface area contributed by atoms with Gasteiger partial charge in [-0.3, -0.25) is 18.6 Å². The van der Waals surface area contributed by atoms with Crippen molar-refractivity contribution in [2.24, 2.45) is 0 Å². The van der Waals surface area contributed by atoms with Gasteiger partial charge in [0.1, 0.15) is 12.2 Å². The molecule has 3 N–H and O–H groups in total. The average Bonchev–Trinajstić information content (AvgIpc) is 3.25. The van der Waals surface area contributed by atoms with Crippen molar-refractivity contribution in [1.82, 2.24) is 0 Å². The fraction of sp³-hybridized carbons (Fsp3) is 0.720. The average molecular weight is 879 g/mol. The van der Waals surface area contributed by atoms with Gasteiger partial charge in [-0.25, -0.2) is 4.57 Å². The Kier molecular flexibility index (Phi) is 43.5. The molecule has 0 aromatic rings. The van der Waals surface area contributed by atoms with E-state index in [4.69, 9.17) is 18.5 Å². The maximum Gasteiger partial charge on any atom is 0.472 e. The van der Waals surface area contributed by atoms with E-state index in [1.165, 1.54) is 57.8 Å². The molecule has 352 valence electrons. The molecule has 0 bridgehead atoms. The molecule has 0 saturated carbocycles. The van der Waals surface area contributed by atoms with Crippen LogP contribution in [0.1, 0.15) is 194 Å². The zero-order chi connectivity index (χ0) is 44.8. The Balaban J connectivity index is 3.91. The van der Waals surface area contributed by atoms with Crippen LogP contribution in [-0.2, 0) is 32.7 Å². The maximum absolute atomic E-state index is 12.4. The van der Waals surface area contributed by atoms with E-state index in [0.717, 1.165) is 96.3 Å². The molecule has 11 heteroatoms. The molecule has 0 rings (SSSR count). The van der Waals surface area contributed by atoms with Crippen LogP contribution in [0.15, 0.2) is 72.9 Å². The summed E-state index contributed by atoms with van der Waals surface area (Å²) < 4.78 is 32.7. The van der Waals surface area contributed by atoms with Gasteiger partial charge in [-0.2, -0.15) is 0 Å². The number of hydrogen-bond acceptors (Lipinski definition) is 9. The van der Waals surface area contributed by atoms with Crippen molar-refractivity contribution in [2.45, 2.75) is 206 Å². The number of allylic oxidation sites excluding steroid dienone is 12. The predicted octanol–water partition coefficient (Wildman–Crippen LogP) is 13.2. The summed E-state index contributed by atoms with van der Waals surface area (Å²) in [4.78, 5) is 34.6. The number of rotatable bonds is 44. The largest absolute Gasteiger partial charge is 0.472 e. The fourth-order valence-electron chi connectivity index (χ4n) is 6.25. The van der Waals surface area contributed by atoms with Crippen LogP contribution in [0.2, 0.25) is 0 Å². The molecular weight excluding hydrogens is 792 g/mol. The van der Waals surface area contributed by atoms with E-state index in [2.05, 4.69) is 86.8 Å². The monoisotopic (exact) mass is 879 g/mol. The number of esters is 2. The van der Waals surface area contributed by atoms with Gasteiger partial charge in [0.25, 0.3) is 0 Å². The molecule has 0 aliphatic carbocycles. The molecule has 0 aliphatic rings. The standard InChI is InChI=1S/C50H87O10P/c1-3-5-7-9-11-13-15-17-19-21-23-25-27-29-31-33-35-37-39-41-49(53)59-47(43-51)45-57-61(55,56)58-46-48(44-52)60-50(54)42-40-38-36-34-32-30-28-26-24-22-20-18-16-14-12-10-8-6-4-2/h5,7,11-14,17-20,23,25,47-48,51-52H,3-4,6,8-10,15-16,21-22,24,26-46H2,1-2H3,(H,55,56)/b7-5-,13-11-,14-12-,19-17-,20-18-,25-23-. The van der Waals surface area contributed by atoms with E-state index >= 15 is 0 Å². The summed E-state index contributed by atoms with van der Waals surface area (Å²) in [6, 6.07) is 0. The van der Waals surface area contributed by atoms with Crippen molar-refractivity contribution >= 4 is 19.8 Å². The zero-order valence-electron chi connectivity index (χ0n) is 38.4. The lowest BCUT2D eigenvalue weighted by atomic mass is 10.1. The van der Waals surface area contributed by atoms with Gasteiger partial charge in [0.15, 0.2) is 0 Å². The topological polar surface area (TPSA) is 149 Å². The zero-order valence-corrected chi connectivity index (χ0v) is 39.3. The number of phosphoric acid groups is 1. The number of aliphatic hydroxyl groups excluding tert-OH is 2. The summed E-state index contributed by atoms with van der Waals surface area (Å²) in [5, 5.41) is 19.2. The Morgan fingerprint density at radius 3 is 1.11 bits per heavy atom. The van der Waals surface area contributed by atoms with Gasteiger partial charge in [0.2, 0.25) is 0 Å². The molecule has 0 aromatic carbocycles.